The molecule has 0 aliphatic rings. The van der Waals surface area contributed by atoms with Gasteiger partial charge in [-0.3, -0.25) is 4.79 Å². The van der Waals surface area contributed by atoms with Crippen LogP contribution in [0.1, 0.15) is 24.8 Å². The number of amides is 1. The van der Waals surface area contributed by atoms with Crippen molar-refractivity contribution in [1.29, 1.82) is 0 Å². The maximum Gasteiger partial charge on any atom is 0.242 e. The number of nitrogens with one attached hydrogen (secondary N) is 1. The normalized spacial score (nSPS) is 11.7. The van der Waals surface area contributed by atoms with Crippen LogP contribution in [0.5, 0.6) is 0 Å². The number of anilines is 1. The predicted octanol–water partition coefficient (Wildman–Crippen LogP) is 1.31. The van der Waals surface area contributed by atoms with Crippen molar-refractivity contribution in [2.75, 3.05) is 26.0 Å². The summed E-state index contributed by atoms with van der Waals surface area (Å²) in [5, 5.41) is 2.72. The zero-order valence-corrected chi connectivity index (χ0v) is 13.5. The van der Waals surface area contributed by atoms with Crippen molar-refractivity contribution < 1.29 is 13.2 Å². The molecule has 0 radical (unpaired) electrons. The Morgan fingerprint density at radius 3 is 2.52 bits per heavy atom. The third-order valence-corrected chi connectivity index (χ3v) is 5.05. The van der Waals surface area contributed by atoms with Crippen molar-refractivity contribution in [3.8, 4) is 0 Å². The highest BCUT2D eigenvalue weighted by Crippen LogP contribution is 2.22. The number of benzene rings is 1. The Balaban J connectivity index is 2.90. The van der Waals surface area contributed by atoms with Crippen molar-refractivity contribution in [3.05, 3.63) is 23.8 Å². The van der Waals surface area contributed by atoms with Crippen molar-refractivity contribution >= 4 is 21.6 Å². The maximum absolute atomic E-state index is 12.2. The fraction of sp³-hybridized carbons (Fsp3) is 0.500. The SMILES string of the molecule is Cc1ccc(NC(=O)CCCCN)cc1S(=O)(=O)N(C)C. The summed E-state index contributed by atoms with van der Waals surface area (Å²) in [5.41, 5.74) is 6.51. The molecule has 0 atom stereocenters. The highest BCUT2D eigenvalue weighted by atomic mass is 32.2. The van der Waals surface area contributed by atoms with Crippen LogP contribution < -0.4 is 11.1 Å². The van der Waals surface area contributed by atoms with E-state index in [1.165, 1.54) is 20.2 Å². The van der Waals surface area contributed by atoms with Crippen LogP contribution in [0.4, 0.5) is 5.69 Å². The molecule has 7 heteroatoms. The highest BCUT2D eigenvalue weighted by Gasteiger charge is 2.20. The molecule has 3 N–H and O–H groups in total. The fourth-order valence-corrected chi connectivity index (χ4v) is 2.95. The van der Waals surface area contributed by atoms with E-state index in [1.54, 1.807) is 19.1 Å². The van der Waals surface area contributed by atoms with E-state index in [9.17, 15) is 13.2 Å². The van der Waals surface area contributed by atoms with Gasteiger partial charge in [-0.25, -0.2) is 12.7 Å². The summed E-state index contributed by atoms with van der Waals surface area (Å²) in [6.07, 6.45) is 1.89. The third kappa shape index (κ3) is 4.80. The van der Waals surface area contributed by atoms with Gasteiger partial charge >= 0.3 is 0 Å². The molecule has 0 heterocycles. The highest BCUT2D eigenvalue weighted by molar-refractivity contribution is 7.89. The van der Waals surface area contributed by atoms with Crippen LogP contribution in [-0.2, 0) is 14.8 Å². The Hall–Kier alpha value is -1.44. The van der Waals surface area contributed by atoms with Gasteiger partial charge < -0.3 is 11.1 Å². The van der Waals surface area contributed by atoms with Gasteiger partial charge in [-0.1, -0.05) is 6.07 Å². The number of hydrogen-bond acceptors (Lipinski definition) is 4. The van der Waals surface area contributed by atoms with E-state index in [0.717, 1.165) is 17.1 Å². The van der Waals surface area contributed by atoms with Gasteiger partial charge in [0.1, 0.15) is 0 Å². The molecule has 0 aliphatic carbocycles. The molecular formula is C14H23N3O3S. The lowest BCUT2D eigenvalue weighted by Gasteiger charge is -2.15. The molecule has 21 heavy (non-hydrogen) atoms. The summed E-state index contributed by atoms with van der Waals surface area (Å²) in [5.74, 6) is -0.138. The molecule has 0 aromatic heterocycles. The smallest absolute Gasteiger partial charge is 0.242 e. The zero-order chi connectivity index (χ0) is 16.0. The number of rotatable bonds is 7. The first-order valence-electron chi connectivity index (χ1n) is 6.82. The topological polar surface area (TPSA) is 92.5 Å². The first-order chi connectivity index (χ1) is 9.78. The Kier molecular flexibility index (Phi) is 6.32. The standard InChI is InChI=1S/C14H23N3O3S/c1-11-7-8-12(16-14(18)6-4-5-9-15)10-13(11)21(19,20)17(2)3/h7-8,10H,4-6,9,15H2,1-3H3,(H,16,18). The van der Waals surface area contributed by atoms with Crippen LogP contribution in [0.25, 0.3) is 0 Å². The second-order valence-corrected chi connectivity index (χ2v) is 7.18. The minimum atomic E-state index is -3.52. The van der Waals surface area contributed by atoms with Gasteiger partial charge in [-0.05, 0) is 44.0 Å². The van der Waals surface area contributed by atoms with E-state index < -0.39 is 10.0 Å². The van der Waals surface area contributed by atoms with Crippen LogP contribution in [0.15, 0.2) is 23.1 Å². The van der Waals surface area contributed by atoms with Crippen molar-refractivity contribution in [2.24, 2.45) is 5.73 Å². The molecule has 1 rings (SSSR count). The largest absolute Gasteiger partial charge is 0.330 e. The molecule has 0 bridgehead atoms. The number of nitrogens with zero attached hydrogens (tertiary/aromatic N) is 1. The lowest BCUT2D eigenvalue weighted by Crippen LogP contribution is -2.23. The molecule has 1 aromatic carbocycles. The van der Waals surface area contributed by atoms with Crippen LogP contribution >= 0.6 is 0 Å². The van der Waals surface area contributed by atoms with Crippen LogP contribution in [-0.4, -0.2) is 39.3 Å². The molecular weight excluding hydrogens is 290 g/mol. The average Bonchev–Trinajstić information content (AvgIpc) is 2.41. The molecule has 0 spiro atoms. The second-order valence-electron chi connectivity index (χ2n) is 5.06. The molecule has 0 fully saturated rings. The minimum absolute atomic E-state index is 0.138. The van der Waals surface area contributed by atoms with Gasteiger partial charge in [-0.15, -0.1) is 0 Å². The fourth-order valence-electron chi connectivity index (χ4n) is 1.81. The Morgan fingerprint density at radius 2 is 1.95 bits per heavy atom. The van der Waals surface area contributed by atoms with Gasteiger partial charge in [0.25, 0.3) is 0 Å². The molecule has 0 saturated carbocycles. The van der Waals surface area contributed by atoms with Gasteiger partial charge in [0.2, 0.25) is 15.9 Å². The lowest BCUT2D eigenvalue weighted by molar-refractivity contribution is -0.116. The number of hydrogen-bond donors (Lipinski definition) is 2. The molecule has 1 aromatic rings. The van der Waals surface area contributed by atoms with E-state index in [4.69, 9.17) is 5.73 Å². The molecule has 0 saturated heterocycles. The number of aryl methyl sites for hydroxylation is 1. The predicted molar refractivity (Wildman–Crippen MR) is 83.6 cm³/mol. The van der Waals surface area contributed by atoms with E-state index in [0.29, 0.717) is 24.2 Å². The van der Waals surface area contributed by atoms with E-state index in [1.807, 2.05) is 0 Å². The molecule has 0 unspecified atom stereocenters. The van der Waals surface area contributed by atoms with Crippen LogP contribution in [0.3, 0.4) is 0 Å². The van der Waals surface area contributed by atoms with Crippen molar-refractivity contribution in [1.82, 2.24) is 4.31 Å². The summed E-state index contributed by atoms with van der Waals surface area (Å²) in [6, 6.07) is 4.88. The number of nitrogens with two attached hydrogens (primary N) is 1. The quantitative estimate of drug-likeness (QED) is 0.742. The summed E-state index contributed by atoms with van der Waals surface area (Å²) < 4.78 is 25.6. The Labute approximate surface area is 126 Å². The van der Waals surface area contributed by atoms with Gasteiger partial charge in [0, 0.05) is 26.2 Å². The van der Waals surface area contributed by atoms with Gasteiger partial charge in [-0.2, -0.15) is 0 Å². The summed E-state index contributed by atoms with van der Waals surface area (Å²) in [4.78, 5) is 12.0. The lowest BCUT2D eigenvalue weighted by atomic mass is 10.2. The van der Waals surface area contributed by atoms with Crippen molar-refractivity contribution in [3.63, 3.8) is 0 Å². The summed E-state index contributed by atoms with van der Waals surface area (Å²) >= 11 is 0. The van der Waals surface area contributed by atoms with Crippen LogP contribution in [0, 0.1) is 6.92 Å². The summed E-state index contributed by atoms with van der Waals surface area (Å²) in [6.45, 7) is 2.28. The van der Waals surface area contributed by atoms with Crippen molar-refractivity contribution in [2.45, 2.75) is 31.1 Å². The summed E-state index contributed by atoms with van der Waals surface area (Å²) in [7, 11) is -0.563. The maximum atomic E-state index is 12.2. The van der Waals surface area contributed by atoms with E-state index in [-0.39, 0.29) is 10.8 Å². The number of sulfonamides is 1. The number of carbonyl (C=O) groups excluding carboxylic acids is 1. The van der Waals surface area contributed by atoms with Crippen LogP contribution in [0.2, 0.25) is 0 Å². The van der Waals surface area contributed by atoms with E-state index in [2.05, 4.69) is 5.32 Å². The first-order valence-corrected chi connectivity index (χ1v) is 8.26. The molecule has 118 valence electrons. The second kappa shape index (κ2) is 7.53. The number of carbonyl (C=O) groups is 1. The number of unbranched alkanes of at least 4 members (excludes halogenated alkanes) is 1. The third-order valence-electron chi connectivity index (χ3n) is 3.09. The van der Waals surface area contributed by atoms with Gasteiger partial charge in [0.15, 0.2) is 0 Å². The minimum Gasteiger partial charge on any atom is -0.330 e. The first kappa shape index (κ1) is 17.6. The zero-order valence-electron chi connectivity index (χ0n) is 12.7. The van der Waals surface area contributed by atoms with E-state index >= 15 is 0 Å². The van der Waals surface area contributed by atoms with Gasteiger partial charge in [0.05, 0.1) is 4.90 Å². The molecule has 6 nitrogen and oxygen atoms in total. The Morgan fingerprint density at radius 1 is 1.29 bits per heavy atom. The average molecular weight is 313 g/mol. The molecule has 1 amide bonds. The molecule has 0 aliphatic heterocycles. The monoisotopic (exact) mass is 313 g/mol. The Bertz CT molecular complexity index is 597.